The second-order valence-electron chi connectivity index (χ2n) is 6.42. The van der Waals surface area contributed by atoms with Gasteiger partial charge in [0.05, 0.1) is 25.3 Å². The summed E-state index contributed by atoms with van der Waals surface area (Å²) in [6.07, 6.45) is 1.76. The number of nitrogens with zero attached hydrogens (tertiary/aromatic N) is 1. The summed E-state index contributed by atoms with van der Waals surface area (Å²) >= 11 is 1.51. The van der Waals surface area contributed by atoms with E-state index >= 15 is 0 Å². The highest BCUT2D eigenvalue weighted by Gasteiger charge is 2.18. The van der Waals surface area contributed by atoms with Crippen molar-refractivity contribution in [2.24, 2.45) is 5.10 Å². The van der Waals surface area contributed by atoms with Gasteiger partial charge in [-0.1, -0.05) is 6.07 Å². The van der Waals surface area contributed by atoms with E-state index in [4.69, 9.17) is 18.9 Å². The summed E-state index contributed by atoms with van der Waals surface area (Å²) in [5, 5.41) is 5.88. The number of amides is 1. The van der Waals surface area contributed by atoms with Crippen molar-refractivity contribution in [3.63, 3.8) is 0 Å². The molecule has 158 valence electrons. The van der Waals surface area contributed by atoms with Crippen molar-refractivity contribution in [1.82, 2.24) is 5.43 Å². The Morgan fingerprint density at radius 1 is 1.13 bits per heavy atom. The van der Waals surface area contributed by atoms with Gasteiger partial charge in [-0.25, -0.2) is 10.2 Å². The number of nitrogens with one attached hydrogen (secondary N) is 1. The Bertz CT molecular complexity index is 1130. The zero-order valence-corrected chi connectivity index (χ0v) is 17.3. The van der Waals surface area contributed by atoms with Crippen molar-refractivity contribution in [2.45, 2.75) is 6.42 Å². The summed E-state index contributed by atoms with van der Waals surface area (Å²) in [6.45, 7) is 0.124. The molecule has 8 nitrogen and oxygen atoms in total. The number of rotatable bonds is 7. The largest absolute Gasteiger partial charge is 0.493 e. The van der Waals surface area contributed by atoms with Crippen LogP contribution in [-0.4, -0.2) is 32.0 Å². The molecule has 1 aliphatic heterocycles. The summed E-state index contributed by atoms with van der Waals surface area (Å²) < 4.78 is 21.3. The second kappa shape index (κ2) is 9.31. The van der Waals surface area contributed by atoms with Crippen LogP contribution >= 0.6 is 11.3 Å². The summed E-state index contributed by atoms with van der Waals surface area (Å²) in [7, 11) is 1.47. The van der Waals surface area contributed by atoms with Crippen molar-refractivity contribution in [1.29, 1.82) is 0 Å². The lowest BCUT2D eigenvalue weighted by Crippen LogP contribution is -2.19. The number of thiophene rings is 1. The van der Waals surface area contributed by atoms with E-state index in [0.29, 0.717) is 28.4 Å². The lowest BCUT2D eigenvalue weighted by Gasteiger charge is -2.10. The molecule has 0 spiro atoms. The average molecular weight is 438 g/mol. The summed E-state index contributed by atoms with van der Waals surface area (Å²) in [4.78, 5) is 25.3. The Morgan fingerprint density at radius 3 is 2.81 bits per heavy atom. The molecule has 2 aromatic carbocycles. The third-order valence-corrected chi connectivity index (χ3v) is 5.19. The van der Waals surface area contributed by atoms with Crippen LogP contribution in [-0.2, 0) is 11.2 Å². The SMILES string of the molecule is COc1cc(/C=N\NC(=O)Cc2cccs2)ccc1OC(=O)c1ccc2c(c1)OCO2. The van der Waals surface area contributed by atoms with Gasteiger partial charge in [-0.15, -0.1) is 11.3 Å². The lowest BCUT2D eigenvalue weighted by molar-refractivity contribution is -0.120. The van der Waals surface area contributed by atoms with E-state index in [9.17, 15) is 9.59 Å². The fourth-order valence-corrected chi connectivity index (χ4v) is 3.52. The highest BCUT2D eigenvalue weighted by molar-refractivity contribution is 7.10. The standard InChI is InChI=1S/C22H18N2O6S/c1-27-19-9-14(12-23-24-21(25)11-16-3-2-8-31-16)4-6-18(19)30-22(26)15-5-7-17-20(10-15)29-13-28-17/h2-10,12H,11,13H2,1H3,(H,24,25)/b23-12-. The molecule has 3 aromatic rings. The van der Waals surface area contributed by atoms with E-state index in [1.54, 1.807) is 36.4 Å². The fraction of sp³-hybridized carbons (Fsp3) is 0.136. The van der Waals surface area contributed by atoms with Crippen LogP contribution in [0.15, 0.2) is 59.0 Å². The van der Waals surface area contributed by atoms with Gasteiger partial charge in [-0.2, -0.15) is 5.10 Å². The van der Waals surface area contributed by atoms with Crippen molar-refractivity contribution in [2.75, 3.05) is 13.9 Å². The first-order valence-electron chi connectivity index (χ1n) is 9.26. The highest BCUT2D eigenvalue weighted by atomic mass is 32.1. The number of methoxy groups -OCH3 is 1. The van der Waals surface area contributed by atoms with E-state index in [-0.39, 0.29) is 24.9 Å². The van der Waals surface area contributed by atoms with Crippen molar-refractivity contribution >= 4 is 29.4 Å². The first-order valence-corrected chi connectivity index (χ1v) is 10.1. The van der Waals surface area contributed by atoms with Crippen LogP contribution in [0.25, 0.3) is 0 Å². The maximum absolute atomic E-state index is 12.5. The molecule has 4 rings (SSSR count). The smallest absolute Gasteiger partial charge is 0.343 e. The van der Waals surface area contributed by atoms with E-state index in [0.717, 1.165) is 4.88 Å². The van der Waals surface area contributed by atoms with Crippen LogP contribution in [0, 0.1) is 0 Å². The number of hydrogen-bond donors (Lipinski definition) is 1. The molecule has 1 amide bonds. The van der Waals surface area contributed by atoms with E-state index in [1.807, 2.05) is 17.5 Å². The molecule has 0 aliphatic carbocycles. The minimum absolute atomic E-state index is 0.124. The molecule has 0 radical (unpaired) electrons. The molecule has 0 unspecified atom stereocenters. The maximum atomic E-state index is 12.5. The Labute approximate surface area is 182 Å². The van der Waals surface area contributed by atoms with Crippen LogP contribution in [0.2, 0.25) is 0 Å². The Balaban J connectivity index is 1.39. The molecule has 31 heavy (non-hydrogen) atoms. The Hall–Kier alpha value is -3.85. The van der Waals surface area contributed by atoms with E-state index in [2.05, 4.69) is 10.5 Å². The van der Waals surface area contributed by atoms with Crippen LogP contribution in [0.4, 0.5) is 0 Å². The zero-order valence-electron chi connectivity index (χ0n) is 16.5. The summed E-state index contributed by atoms with van der Waals surface area (Å²) in [6, 6.07) is 13.5. The molecule has 1 aliphatic rings. The molecule has 2 heterocycles. The number of carbonyl (C=O) groups is 2. The number of carbonyl (C=O) groups excluding carboxylic acids is 2. The molecule has 0 fully saturated rings. The normalized spacial score (nSPS) is 12.0. The van der Waals surface area contributed by atoms with Crippen LogP contribution in [0.3, 0.4) is 0 Å². The van der Waals surface area contributed by atoms with Crippen molar-refractivity contribution in [3.05, 3.63) is 69.9 Å². The molecule has 0 saturated carbocycles. The molecule has 9 heteroatoms. The van der Waals surface area contributed by atoms with Crippen LogP contribution in [0.1, 0.15) is 20.8 Å². The van der Waals surface area contributed by atoms with E-state index < -0.39 is 5.97 Å². The summed E-state index contributed by atoms with van der Waals surface area (Å²) in [5.41, 5.74) is 3.47. The Kier molecular flexibility index (Phi) is 6.13. The highest BCUT2D eigenvalue weighted by Crippen LogP contribution is 2.33. The lowest BCUT2D eigenvalue weighted by atomic mass is 10.2. The van der Waals surface area contributed by atoms with Gasteiger partial charge < -0.3 is 18.9 Å². The van der Waals surface area contributed by atoms with Gasteiger partial charge in [0, 0.05) is 4.88 Å². The average Bonchev–Trinajstić information content (AvgIpc) is 3.45. The summed E-state index contributed by atoms with van der Waals surface area (Å²) in [5.74, 6) is 0.917. The van der Waals surface area contributed by atoms with E-state index in [1.165, 1.54) is 24.7 Å². The Morgan fingerprint density at radius 2 is 2.00 bits per heavy atom. The van der Waals surface area contributed by atoms with Gasteiger partial charge in [0.2, 0.25) is 12.7 Å². The van der Waals surface area contributed by atoms with Gasteiger partial charge in [-0.3, -0.25) is 4.79 Å². The fourth-order valence-electron chi connectivity index (χ4n) is 2.82. The van der Waals surface area contributed by atoms with Crippen molar-refractivity contribution < 1.29 is 28.5 Å². The minimum atomic E-state index is -0.557. The number of fused-ring (bicyclic) bond motifs is 1. The number of benzene rings is 2. The quantitative estimate of drug-likeness (QED) is 0.263. The number of ether oxygens (including phenoxy) is 4. The number of hydrazone groups is 1. The molecule has 0 saturated heterocycles. The first-order chi connectivity index (χ1) is 15.1. The zero-order chi connectivity index (χ0) is 21.6. The number of hydrogen-bond acceptors (Lipinski definition) is 8. The van der Waals surface area contributed by atoms with Gasteiger partial charge in [0.25, 0.3) is 0 Å². The monoisotopic (exact) mass is 438 g/mol. The van der Waals surface area contributed by atoms with Gasteiger partial charge >= 0.3 is 5.97 Å². The minimum Gasteiger partial charge on any atom is -0.493 e. The van der Waals surface area contributed by atoms with Gasteiger partial charge in [0.15, 0.2) is 23.0 Å². The molecule has 1 N–H and O–H groups in total. The molecule has 0 bridgehead atoms. The van der Waals surface area contributed by atoms with Crippen molar-refractivity contribution in [3.8, 4) is 23.0 Å². The topological polar surface area (TPSA) is 95.5 Å². The van der Waals surface area contributed by atoms with Gasteiger partial charge in [-0.05, 0) is 53.4 Å². The van der Waals surface area contributed by atoms with Crippen LogP contribution < -0.4 is 24.4 Å². The third kappa shape index (κ3) is 5.01. The predicted octanol–water partition coefficient (Wildman–Crippen LogP) is 3.40. The molecule has 0 atom stereocenters. The van der Waals surface area contributed by atoms with Crippen LogP contribution in [0.5, 0.6) is 23.0 Å². The van der Waals surface area contributed by atoms with Gasteiger partial charge in [0.1, 0.15) is 0 Å². The molecular formula is C22H18N2O6S. The predicted molar refractivity (Wildman–Crippen MR) is 114 cm³/mol. The molecular weight excluding hydrogens is 420 g/mol. The molecule has 1 aromatic heterocycles. The second-order valence-corrected chi connectivity index (χ2v) is 7.45. The third-order valence-electron chi connectivity index (χ3n) is 4.32. The number of esters is 1. The maximum Gasteiger partial charge on any atom is 0.343 e. The first kappa shape index (κ1) is 20.4.